The Labute approximate surface area is 186 Å². The molecule has 2 aromatic carbocycles. The van der Waals surface area contributed by atoms with E-state index in [0.29, 0.717) is 18.0 Å². The molecule has 0 aliphatic carbocycles. The molecule has 3 aromatic rings. The molecule has 0 bridgehead atoms. The van der Waals surface area contributed by atoms with E-state index >= 15 is 0 Å². The molecule has 1 N–H and O–H groups in total. The molecule has 12 heteroatoms. The number of thioether (sulfide) groups is 1. The average Bonchev–Trinajstić information content (AvgIpc) is 2.69. The van der Waals surface area contributed by atoms with E-state index in [9.17, 15) is 31.1 Å². The SMILES string of the molecule is O=C(Nc1ccc(SC(F)(F)F)cc1)c1ccc(Oc2ncc(C(F)(F)F)cc2Cl)cc1. The molecule has 0 atom stereocenters. The Morgan fingerprint density at radius 3 is 2.12 bits per heavy atom. The maximum absolute atomic E-state index is 12.7. The predicted molar refractivity (Wildman–Crippen MR) is 107 cm³/mol. The van der Waals surface area contributed by atoms with Crippen LogP contribution in [0.1, 0.15) is 15.9 Å². The number of carbonyl (C=O) groups excluding carboxylic acids is 1. The zero-order valence-electron chi connectivity index (χ0n) is 15.6. The topological polar surface area (TPSA) is 51.2 Å². The number of anilines is 1. The van der Waals surface area contributed by atoms with Gasteiger partial charge in [0, 0.05) is 22.3 Å². The number of amides is 1. The van der Waals surface area contributed by atoms with Crippen LogP contribution >= 0.6 is 23.4 Å². The molecule has 1 heterocycles. The van der Waals surface area contributed by atoms with Gasteiger partial charge in [-0.3, -0.25) is 4.79 Å². The molecule has 168 valence electrons. The number of halogens is 7. The first-order chi connectivity index (χ1) is 14.9. The summed E-state index contributed by atoms with van der Waals surface area (Å²) in [4.78, 5) is 15.8. The molecular formula is C20H11ClF6N2O2S. The summed E-state index contributed by atoms with van der Waals surface area (Å²) in [6.45, 7) is 0. The van der Waals surface area contributed by atoms with Gasteiger partial charge in [0.15, 0.2) is 0 Å². The summed E-state index contributed by atoms with van der Waals surface area (Å²) in [5, 5.41) is 2.20. The monoisotopic (exact) mass is 492 g/mol. The number of alkyl halides is 6. The van der Waals surface area contributed by atoms with Gasteiger partial charge in [0.2, 0.25) is 5.88 Å². The van der Waals surface area contributed by atoms with Gasteiger partial charge in [-0.1, -0.05) is 11.6 Å². The van der Waals surface area contributed by atoms with Crippen molar-refractivity contribution in [2.24, 2.45) is 0 Å². The number of hydrogen-bond donors (Lipinski definition) is 1. The maximum atomic E-state index is 12.7. The zero-order valence-corrected chi connectivity index (χ0v) is 17.2. The van der Waals surface area contributed by atoms with Crippen LogP contribution < -0.4 is 10.1 Å². The first kappa shape index (κ1) is 23.7. The number of rotatable bonds is 5. The molecule has 3 rings (SSSR count). The second-order valence-corrected chi connectivity index (χ2v) is 7.71. The lowest BCUT2D eigenvalue weighted by Crippen LogP contribution is -2.11. The summed E-state index contributed by atoms with van der Waals surface area (Å²) in [6.07, 6.45) is -4.01. The van der Waals surface area contributed by atoms with Crippen molar-refractivity contribution in [1.82, 2.24) is 4.98 Å². The minimum absolute atomic E-state index is 0.0208. The highest BCUT2D eigenvalue weighted by atomic mass is 35.5. The highest BCUT2D eigenvalue weighted by Gasteiger charge is 2.32. The van der Waals surface area contributed by atoms with E-state index in [1.165, 1.54) is 48.5 Å². The number of hydrogen-bond acceptors (Lipinski definition) is 4. The highest BCUT2D eigenvalue weighted by molar-refractivity contribution is 8.00. The van der Waals surface area contributed by atoms with Crippen molar-refractivity contribution in [3.63, 3.8) is 0 Å². The van der Waals surface area contributed by atoms with Gasteiger partial charge in [0.25, 0.3) is 5.91 Å². The van der Waals surface area contributed by atoms with E-state index in [0.717, 1.165) is 0 Å². The Bertz CT molecular complexity index is 1100. The molecule has 0 saturated carbocycles. The zero-order chi connectivity index (χ0) is 23.5. The number of ether oxygens (including phenoxy) is 1. The summed E-state index contributed by atoms with van der Waals surface area (Å²) in [7, 11) is 0. The quantitative estimate of drug-likeness (QED) is 0.297. The van der Waals surface area contributed by atoms with Crippen LogP contribution in [0.25, 0.3) is 0 Å². The number of nitrogens with one attached hydrogen (secondary N) is 1. The van der Waals surface area contributed by atoms with Gasteiger partial charge in [-0.15, -0.1) is 0 Å². The van der Waals surface area contributed by atoms with E-state index in [1.54, 1.807) is 0 Å². The largest absolute Gasteiger partial charge is 0.446 e. The van der Waals surface area contributed by atoms with Crippen molar-refractivity contribution in [2.75, 3.05) is 5.32 Å². The molecular weight excluding hydrogens is 482 g/mol. The molecule has 1 aromatic heterocycles. The molecule has 1 amide bonds. The minimum Gasteiger partial charge on any atom is -0.438 e. The molecule has 0 saturated heterocycles. The molecule has 0 unspecified atom stereocenters. The van der Waals surface area contributed by atoms with E-state index < -0.39 is 23.2 Å². The summed E-state index contributed by atoms with van der Waals surface area (Å²) < 4.78 is 80.4. The Balaban J connectivity index is 1.63. The number of nitrogens with zero attached hydrogens (tertiary/aromatic N) is 1. The van der Waals surface area contributed by atoms with Crippen LogP contribution in [0.15, 0.2) is 65.7 Å². The van der Waals surface area contributed by atoms with Crippen LogP contribution in [0.3, 0.4) is 0 Å². The van der Waals surface area contributed by atoms with Crippen molar-refractivity contribution < 1.29 is 35.9 Å². The Hall–Kier alpha value is -2.92. The average molecular weight is 493 g/mol. The normalized spacial score (nSPS) is 11.8. The fourth-order valence-electron chi connectivity index (χ4n) is 2.38. The van der Waals surface area contributed by atoms with Crippen molar-refractivity contribution in [1.29, 1.82) is 0 Å². The van der Waals surface area contributed by atoms with Crippen molar-refractivity contribution in [2.45, 2.75) is 16.6 Å². The maximum Gasteiger partial charge on any atom is 0.446 e. The van der Waals surface area contributed by atoms with Gasteiger partial charge in [0.05, 0.1) is 5.56 Å². The number of aromatic nitrogens is 1. The Morgan fingerprint density at radius 1 is 0.969 bits per heavy atom. The van der Waals surface area contributed by atoms with Crippen LogP contribution in [0.2, 0.25) is 5.02 Å². The number of pyridine rings is 1. The summed E-state index contributed by atoms with van der Waals surface area (Å²) in [6, 6.07) is 11.3. The Kier molecular flexibility index (Phi) is 6.89. The van der Waals surface area contributed by atoms with Crippen LogP contribution in [0.5, 0.6) is 11.6 Å². The molecule has 32 heavy (non-hydrogen) atoms. The van der Waals surface area contributed by atoms with E-state index in [2.05, 4.69) is 10.3 Å². The smallest absolute Gasteiger partial charge is 0.438 e. The predicted octanol–water partition coefficient (Wildman–Crippen LogP) is 7.41. The van der Waals surface area contributed by atoms with Gasteiger partial charge in [-0.2, -0.15) is 26.3 Å². The fourth-order valence-corrected chi connectivity index (χ4v) is 3.13. The van der Waals surface area contributed by atoms with Crippen molar-refractivity contribution in [3.05, 3.63) is 76.9 Å². The number of carbonyl (C=O) groups is 1. The number of benzene rings is 2. The molecule has 0 radical (unpaired) electrons. The summed E-state index contributed by atoms with van der Waals surface area (Å²) in [5.41, 5.74) is -4.93. The highest BCUT2D eigenvalue weighted by Crippen LogP contribution is 2.37. The van der Waals surface area contributed by atoms with Crippen LogP contribution in [-0.4, -0.2) is 16.4 Å². The third-order valence-electron chi connectivity index (χ3n) is 3.81. The lowest BCUT2D eigenvalue weighted by Gasteiger charge is -2.11. The summed E-state index contributed by atoms with van der Waals surface area (Å²) in [5.74, 6) is -0.601. The van der Waals surface area contributed by atoms with Gasteiger partial charge >= 0.3 is 11.7 Å². The van der Waals surface area contributed by atoms with Crippen molar-refractivity contribution in [3.8, 4) is 11.6 Å². The lowest BCUT2D eigenvalue weighted by atomic mass is 10.2. The van der Waals surface area contributed by atoms with Gasteiger partial charge < -0.3 is 10.1 Å². The van der Waals surface area contributed by atoms with Gasteiger partial charge in [-0.05, 0) is 66.4 Å². The Morgan fingerprint density at radius 2 is 1.59 bits per heavy atom. The van der Waals surface area contributed by atoms with Crippen LogP contribution in [0, 0.1) is 0 Å². The second-order valence-electron chi connectivity index (χ2n) is 6.16. The second kappa shape index (κ2) is 9.29. The molecule has 4 nitrogen and oxygen atoms in total. The van der Waals surface area contributed by atoms with E-state index in [-0.39, 0.29) is 38.9 Å². The van der Waals surface area contributed by atoms with Crippen LogP contribution in [0.4, 0.5) is 32.0 Å². The summed E-state index contributed by atoms with van der Waals surface area (Å²) >= 11 is 5.52. The third-order valence-corrected chi connectivity index (χ3v) is 4.82. The first-order valence-electron chi connectivity index (χ1n) is 8.58. The molecule has 0 fully saturated rings. The molecule has 0 spiro atoms. The van der Waals surface area contributed by atoms with E-state index in [1.807, 2.05) is 0 Å². The van der Waals surface area contributed by atoms with E-state index in [4.69, 9.17) is 16.3 Å². The first-order valence-corrected chi connectivity index (χ1v) is 9.78. The molecule has 0 aliphatic rings. The third kappa shape index (κ3) is 6.54. The van der Waals surface area contributed by atoms with Crippen molar-refractivity contribution >= 4 is 35.0 Å². The minimum atomic E-state index is -4.60. The standard InChI is InChI=1S/C20H11ClF6N2O2S/c21-16-9-12(19(22,23)24)10-28-18(16)31-14-5-1-11(2-6-14)17(30)29-13-3-7-15(8-4-13)32-20(25,26)27/h1-10H,(H,29,30). The molecule has 0 aliphatic heterocycles. The fraction of sp³-hybridized carbons (Fsp3) is 0.100. The van der Waals surface area contributed by atoms with Gasteiger partial charge in [-0.25, -0.2) is 4.98 Å². The lowest BCUT2D eigenvalue weighted by molar-refractivity contribution is -0.137. The van der Waals surface area contributed by atoms with Crippen LogP contribution in [-0.2, 0) is 6.18 Å². The van der Waals surface area contributed by atoms with Gasteiger partial charge in [0.1, 0.15) is 10.8 Å².